The van der Waals surface area contributed by atoms with Crippen LogP contribution in [0.15, 0.2) is 53.3 Å². The number of ether oxygens (including phenoxy) is 1. The Labute approximate surface area is 152 Å². The predicted octanol–water partition coefficient (Wildman–Crippen LogP) is 3.46. The number of nitrogens with one attached hydrogen (secondary N) is 2. The molecule has 1 heterocycles. The maximum Gasteiger partial charge on any atom is 0.274 e. The quantitative estimate of drug-likeness (QED) is 0.682. The summed E-state index contributed by atoms with van der Waals surface area (Å²) in [7, 11) is 0. The lowest BCUT2D eigenvalue weighted by Gasteiger charge is -2.09. The highest BCUT2D eigenvalue weighted by atomic mass is 16.5. The molecule has 6 nitrogen and oxygen atoms in total. The summed E-state index contributed by atoms with van der Waals surface area (Å²) < 4.78 is 5.42. The lowest BCUT2D eigenvalue weighted by Crippen LogP contribution is -2.19. The van der Waals surface area contributed by atoms with Gasteiger partial charge in [0, 0.05) is 12.1 Å². The SMILES string of the molecule is CCOc1ccc(Cc2nnc(Nc3ccccc3CC)[nH]c2=O)cc1. The van der Waals surface area contributed by atoms with Crippen molar-refractivity contribution in [2.24, 2.45) is 0 Å². The monoisotopic (exact) mass is 350 g/mol. The molecule has 0 fully saturated rings. The molecule has 0 bridgehead atoms. The van der Waals surface area contributed by atoms with Crippen LogP contribution < -0.4 is 15.6 Å². The van der Waals surface area contributed by atoms with Crippen molar-refractivity contribution >= 4 is 11.6 Å². The summed E-state index contributed by atoms with van der Waals surface area (Å²) in [6, 6.07) is 15.5. The van der Waals surface area contributed by atoms with Crippen molar-refractivity contribution in [1.82, 2.24) is 15.2 Å². The Bertz CT molecular complexity index is 920. The van der Waals surface area contributed by atoms with Crippen molar-refractivity contribution in [2.45, 2.75) is 26.7 Å². The number of H-pyrrole nitrogens is 1. The first-order chi connectivity index (χ1) is 12.7. The minimum atomic E-state index is -0.245. The maximum atomic E-state index is 12.3. The fourth-order valence-electron chi connectivity index (χ4n) is 2.67. The van der Waals surface area contributed by atoms with E-state index in [-0.39, 0.29) is 5.56 Å². The number of nitrogens with zero attached hydrogens (tertiary/aromatic N) is 2. The van der Waals surface area contributed by atoms with Crippen LogP contribution in [-0.2, 0) is 12.8 Å². The zero-order valence-corrected chi connectivity index (χ0v) is 15.0. The number of hydrogen-bond donors (Lipinski definition) is 2. The molecular weight excluding hydrogens is 328 g/mol. The second-order valence-electron chi connectivity index (χ2n) is 5.84. The lowest BCUT2D eigenvalue weighted by atomic mass is 10.1. The Balaban J connectivity index is 1.74. The van der Waals surface area contributed by atoms with E-state index in [9.17, 15) is 4.79 Å². The van der Waals surface area contributed by atoms with E-state index >= 15 is 0 Å². The van der Waals surface area contributed by atoms with E-state index in [1.165, 1.54) is 0 Å². The normalized spacial score (nSPS) is 10.5. The van der Waals surface area contributed by atoms with Gasteiger partial charge in [0.05, 0.1) is 6.61 Å². The smallest absolute Gasteiger partial charge is 0.274 e. The third-order valence-corrected chi connectivity index (χ3v) is 4.02. The Morgan fingerprint density at radius 2 is 1.81 bits per heavy atom. The van der Waals surface area contributed by atoms with Gasteiger partial charge in [-0.3, -0.25) is 9.78 Å². The Morgan fingerprint density at radius 1 is 1.04 bits per heavy atom. The van der Waals surface area contributed by atoms with Crippen molar-refractivity contribution in [3.8, 4) is 5.75 Å². The minimum absolute atomic E-state index is 0.245. The number of aromatic nitrogens is 3. The van der Waals surface area contributed by atoms with E-state index in [0.717, 1.165) is 29.0 Å². The Morgan fingerprint density at radius 3 is 2.50 bits per heavy atom. The van der Waals surface area contributed by atoms with Gasteiger partial charge in [-0.05, 0) is 42.7 Å². The van der Waals surface area contributed by atoms with Gasteiger partial charge in [-0.25, -0.2) is 0 Å². The van der Waals surface area contributed by atoms with Crippen molar-refractivity contribution < 1.29 is 4.74 Å². The van der Waals surface area contributed by atoms with E-state index in [0.29, 0.717) is 24.7 Å². The molecule has 1 aromatic heterocycles. The fraction of sp³-hybridized carbons (Fsp3) is 0.250. The molecule has 2 N–H and O–H groups in total. The Hall–Kier alpha value is -3.15. The van der Waals surface area contributed by atoms with Gasteiger partial charge in [0.15, 0.2) is 0 Å². The number of rotatable bonds is 7. The van der Waals surface area contributed by atoms with Gasteiger partial charge in [0.1, 0.15) is 11.4 Å². The van der Waals surface area contributed by atoms with Crippen LogP contribution >= 0.6 is 0 Å². The summed E-state index contributed by atoms with van der Waals surface area (Å²) >= 11 is 0. The fourth-order valence-corrected chi connectivity index (χ4v) is 2.67. The van der Waals surface area contributed by atoms with Crippen LogP contribution in [0.5, 0.6) is 5.75 Å². The number of hydrogen-bond acceptors (Lipinski definition) is 5. The molecule has 0 radical (unpaired) electrons. The highest BCUT2D eigenvalue weighted by Crippen LogP contribution is 2.18. The number of anilines is 2. The number of aromatic amines is 1. The summed E-state index contributed by atoms with van der Waals surface area (Å²) in [6.07, 6.45) is 1.30. The van der Waals surface area contributed by atoms with Crippen molar-refractivity contribution in [1.29, 1.82) is 0 Å². The van der Waals surface area contributed by atoms with Crippen molar-refractivity contribution in [2.75, 3.05) is 11.9 Å². The average molecular weight is 350 g/mol. The van der Waals surface area contributed by atoms with Crippen molar-refractivity contribution in [3.63, 3.8) is 0 Å². The molecule has 0 aliphatic rings. The molecule has 0 aliphatic heterocycles. The molecule has 0 amide bonds. The van der Waals surface area contributed by atoms with Gasteiger partial charge in [-0.2, -0.15) is 0 Å². The van der Waals surface area contributed by atoms with Crippen LogP contribution in [0.1, 0.15) is 30.7 Å². The first-order valence-corrected chi connectivity index (χ1v) is 8.72. The first kappa shape index (κ1) is 17.7. The summed E-state index contributed by atoms with van der Waals surface area (Å²) in [5.74, 6) is 1.15. The van der Waals surface area contributed by atoms with Crippen LogP contribution in [0.2, 0.25) is 0 Å². The van der Waals surface area contributed by atoms with Crippen LogP contribution in [-0.4, -0.2) is 21.8 Å². The van der Waals surface area contributed by atoms with Gasteiger partial charge in [-0.15, -0.1) is 10.2 Å². The van der Waals surface area contributed by atoms with Gasteiger partial charge in [-0.1, -0.05) is 37.3 Å². The van der Waals surface area contributed by atoms with Gasteiger partial charge >= 0.3 is 0 Å². The number of benzene rings is 2. The van der Waals surface area contributed by atoms with E-state index in [1.807, 2.05) is 55.5 Å². The third kappa shape index (κ3) is 4.27. The second kappa shape index (κ2) is 8.29. The molecule has 26 heavy (non-hydrogen) atoms. The average Bonchev–Trinajstić information content (AvgIpc) is 2.66. The van der Waals surface area contributed by atoms with E-state index in [1.54, 1.807) is 0 Å². The van der Waals surface area contributed by atoms with E-state index in [2.05, 4.69) is 27.4 Å². The summed E-state index contributed by atoms with van der Waals surface area (Å²) in [5.41, 5.74) is 3.17. The minimum Gasteiger partial charge on any atom is -0.494 e. The van der Waals surface area contributed by atoms with E-state index in [4.69, 9.17) is 4.74 Å². The maximum absolute atomic E-state index is 12.3. The molecule has 134 valence electrons. The van der Waals surface area contributed by atoms with Gasteiger partial charge < -0.3 is 10.1 Å². The summed E-state index contributed by atoms with van der Waals surface area (Å²) in [6.45, 7) is 4.65. The molecule has 2 aromatic carbocycles. The lowest BCUT2D eigenvalue weighted by molar-refractivity contribution is 0.340. The standard InChI is InChI=1S/C20H22N4O2/c1-3-15-7-5-6-8-17(15)21-20-22-19(25)18(23-24-20)13-14-9-11-16(12-10-14)26-4-2/h5-12H,3-4,13H2,1-2H3,(H2,21,22,24,25). The molecule has 0 atom stereocenters. The molecule has 0 aliphatic carbocycles. The van der Waals surface area contributed by atoms with Crippen LogP contribution in [0.25, 0.3) is 0 Å². The third-order valence-electron chi connectivity index (χ3n) is 4.02. The van der Waals surface area contributed by atoms with Crippen LogP contribution in [0.3, 0.4) is 0 Å². The zero-order chi connectivity index (χ0) is 18.4. The Kier molecular flexibility index (Phi) is 5.63. The second-order valence-corrected chi connectivity index (χ2v) is 5.84. The van der Waals surface area contributed by atoms with Gasteiger partial charge in [0.25, 0.3) is 5.56 Å². The summed E-state index contributed by atoms with van der Waals surface area (Å²) in [4.78, 5) is 15.1. The van der Waals surface area contributed by atoms with Crippen LogP contribution in [0, 0.1) is 0 Å². The number of aryl methyl sites for hydroxylation is 1. The first-order valence-electron chi connectivity index (χ1n) is 8.72. The van der Waals surface area contributed by atoms with Gasteiger partial charge in [0.2, 0.25) is 5.95 Å². The molecule has 0 unspecified atom stereocenters. The summed E-state index contributed by atoms with van der Waals surface area (Å²) in [5, 5.41) is 11.3. The van der Waals surface area contributed by atoms with Crippen LogP contribution in [0.4, 0.5) is 11.6 Å². The molecule has 0 spiro atoms. The highest BCUT2D eigenvalue weighted by Gasteiger charge is 2.08. The molecule has 3 rings (SSSR count). The zero-order valence-electron chi connectivity index (χ0n) is 15.0. The predicted molar refractivity (Wildman–Crippen MR) is 102 cm³/mol. The van der Waals surface area contributed by atoms with E-state index < -0.39 is 0 Å². The molecule has 0 saturated carbocycles. The topological polar surface area (TPSA) is 79.9 Å². The molecule has 6 heteroatoms. The number of para-hydroxylation sites is 1. The highest BCUT2D eigenvalue weighted by molar-refractivity contribution is 5.58. The molecule has 3 aromatic rings. The largest absolute Gasteiger partial charge is 0.494 e. The molecular formula is C20H22N4O2. The van der Waals surface area contributed by atoms with Crippen molar-refractivity contribution in [3.05, 3.63) is 75.7 Å². The molecule has 0 saturated heterocycles.